The van der Waals surface area contributed by atoms with Crippen LogP contribution in [0.3, 0.4) is 0 Å². The van der Waals surface area contributed by atoms with Crippen molar-refractivity contribution in [1.82, 2.24) is 14.7 Å². The number of ether oxygens (including phenoxy) is 2. The maximum atomic E-state index is 12.4. The molecule has 3 rings (SSSR count). The van der Waals surface area contributed by atoms with Crippen LogP contribution in [0.15, 0.2) is 6.20 Å². The molecule has 2 aliphatic heterocycles. The predicted molar refractivity (Wildman–Crippen MR) is 91.1 cm³/mol. The lowest BCUT2D eigenvalue weighted by Crippen LogP contribution is -2.42. The van der Waals surface area contributed by atoms with Crippen molar-refractivity contribution in [2.45, 2.75) is 58.3 Å². The SMILES string of the molecule is COCC1CCCN1c1cnn2c1CN(C(=O)OC(C)(C)C)CC2. The number of nitrogens with zero attached hydrogens (tertiary/aromatic N) is 4. The van der Waals surface area contributed by atoms with Gasteiger partial charge in [0.1, 0.15) is 5.60 Å². The lowest BCUT2D eigenvalue weighted by atomic mass is 10.2. The minimum atomic E-state index is -0.476. The lowest BCUT2D eigenvalue weighted by molar-refractivity contribution is 0.0194. The highest BCUT2D eigenvalue weighted by Crippen LogP contribution is 2.31. The van der Waals surface area contributed by atoms with Crippen LogP contribution in [-0.4, -0.2) is 59.2 Å². The summed E-state index contributed by atoms with van der Waals surface area (Å²) >= 11 is 0. The monoisotopic (exact) mass is 336 g/mol. The van der Waals surface area contributed by atoms with Gasteiger partial charge in [0.25, 0.3) is 0 Å². The second kappa shape index (κ2) is 6.63. The maximum absolute atomic E-state index is 12.4. The molecule has 1 saturated heterocycles. The molecule has 1 amide bonds. The largest absolute Gasteiger partial charge is 0.444 e. The van der Waals surface area contributed by atoms with Gasteiger partial charge in [-0.05, 0) is 33.6 Å². The van der Waals surface area contributed by atoms with Gasteiger partial charge >= 0.3 is 6.09 Å². The number of carbonyl (C=O) groups excluding carboxylic acids is 1. The Morgan fingerprint density at radius 2 is 2.12 bits per heavy atom. The van der Waals surface area contributed by atoms with Gasteiger partial charge in [0.15, 0.2) is 0 Å². The molecule has 2 aliphatic rings. The molecule has 0 bridgehead atoms. The van der Waals surface area contributed by atoms with Crippen LogP contribution in [-0.2, 0) is 22.6 Å². The van der Waals surface area contributed by atoms with E-state index in [0.29, 0.717) is 25.7 Å². The van der Waals surface area contributed by atoms with E-state index in [1.54, 1.807) is 12.0 Å². The number of rotatable bonds is 3. The Kier molecular flexibility index (Phi) is 4.71. The van der Waals surface area contributed by atoms with Crippen LogP contribution in [0, 0.1) is 0 Å². The van der Waals surface area contributed by atoms with Crippen molar-refractivity contribution in [2.24, 2.45) is 0 Å². The molecule has 0 radical (unpaired) electrons. The average Bonchev–Trinajstić information content (AvgIpc) is 3.11. The zero-order valence-corrected chi connectivity index (χ0v) is 15.1. The van der Waals surface area contributed by atoms with Gasteiger partial charge < -0.3 is 19.3 Å². The van der Waals surface area contributed by atoms with Crippen molar-refractivity contribution in [2.75, 3.05) is 31.7 Å². The van der Waals surface area contributed by atoms with Gasteiger partial charge in [-0.25, -0.2) is 4.79 Å². The number of amides is 1. The van der Waals surface area contributed by atoms with Crippen LogP contribution in [0.2, 0.25) is 0 Å². The van der Waals surface area contributed by atoms with Gasteiger partial charge in [0.05, 0.1) is 43.3 Å². The van der Waals surface area contributed by atoms with E-state index in [9.17, 15) is 4.79 Å². The Morgan fingerprint density at radius 3 is 2.83 bits per heavy atom. The number of methoxy groups -OCH3 is 1. The van der Waals surface area contributed by atoms with E-state index in [1.807, 2.05) is 31.6 Å². The second-order valence-corrected chi connectivity index (χ2v) is 7.55. The van der Waals surface area contributed by atoms with E-state index in [0.717, 1.165) is 37.4 Å². The molecule has 7 heteroatoms. The predicted octanol–water partition coefficient (Wildman–Crippen LogP) is 2.25. The van der Waals surface area contributed by atoms with Gasteiger partial charge in [-0.15, -0.1) is 0 Å². The molecule has 134 valence electrons. The van der Waals surface area contributed by atoms with Crippen LogP contribution < -0.4 is 4.90 Å². The number of hydrogen-bond acceptors (Lipinski definition) is 5. The molecule has 1 fully saturated rings. The molecule has 0 aliphatic carbocycles. The smallest absolute Gasteiger partial charge is 0.410 e. The Balaban J connectivity index is 1.76. The number of aromatic nitrogens is 2. The zero-order valence-electron chi connectivity index (χ0n) is 15.1. The summed E-state index contributed by atoms with van der Waals surface area (Å²) in [5, 5.41) is 4.52. The number of hydrogen-bond donors (Lipinski definition) is 0. The number of carbonyl (C=O) groups is 1. The molecule has 0 saturated carbocycles. The van der Waals surface area contributed by atoms with E-state index in [-0.39, 0.29) is 6.09 Å². The number of fused-ring (bicyclic) bond motifs is 1. The fourth-order valence-corrected chi connectivity index (χ4v) is 3.47. The summed E-state index contributed by atoms with van der Waals surface area (Å²) in [7, 11) is 1.74. The van der Waals surface area contributed by atoms with Gasteiger partial charge in [-0.2, -0.15) is 5.10 Å². The van der Waals surface area contributed by atoms with E-state index in [4.69, 9.17) is 9.47 Å². The fraction of sp³-hybridized carbons (Fsp3) is 0.765. The highest BCUT2D eigenvalue weighted by atomic mass is 16.6. The Morgan fingerprint density at radius 1 is 1.33 bits per heavy atom. The van der Waals surface area contributed by atoms with Crippen molar-refractivity contribution in [3.63, 3.8) is 0 Å². The zero-order chi connectivity index (χ0) is 17.3. The Hall–Kier alpha value is -1.76. The molecule has 0 spiro atoms. The first-order valence-corrected chi connectivity index (χ1v) is 8.67. The van der Waals surface area contributed by atoms with Crippen LogP contribution in [0.25, 0.3) is 0 Å². The highest BCUT2D eigenvalue weighted by Gasteiger charge is 2.32. The highest BCUT2D eigenvalue weighted by molar-refractivity contribution is 5.69. The second-order valence-electron chi connectivity index (χ2n) is 7.55. The molecule has 1 unspecified atom stereocenters. The van der Waals surface area contributed by atoms with E-state index >= 15 is 0 Å². The van der Waals surface area contributed by atoms with Gasteiger partial charge in [0.2, 0.25) is 0 Å². The third kappa shape index (κ3) is 3.50. The first-order chi connectivity index (χ1) is 11.4. The first kappa shape index (κ1) is 17.1. The summed E-state index contributed by atoms with van der Waals surface area (Å²) in [4.78, 5) is 16.5. The summed E-state index contributed by atoms with van der Waals surface area (Å²) in [6, 6.07) is 0.390. The molecule has 1 aromatic rings. The standard InChI is InChI=1S/C17H28N4O3/c1-17(2,3)24-16(22)19-8-9-21-15(11-19)14(10-18-21)20-7-5-6-13(20)12-23-4/h10,13H,5-9,11-12H2,1-4H3. The van der Waals surface area contributed by atoms with Crippen LogP contribution in [0.5, 0.6) is 0 Å². The summed E-state index contributed by atoms with van der Waals surface area (Å²) in [6.45, 7) is 9.29. The third-order valence-corrected chi connectivity index (χ3v) is 4.55. The van der Waals surface area contributed by atoms with Crippen molar-refractivity contribution in [1.29, 1.82) is 0 Å². The molecule has 1 atom stereocenters. The van der Waals surface area contributed by atoms with Crippen LogP contribution in [0.4, 0.5) is 10.5 Å². The summed E-state index contributed by atoms with van der Waals surface area (Å²) in [6.07, 6.45) is 3.97. The van der Waals surface area contributed by atoms with Crippen molar-refractivity contribution in [3.05, 3.63) is 11.9 Å². The Labute approximate surface area is 143 Å². The third-order valence-electron chi connectivity index (χ3n) is 4.55. The summed E-state index contributed by atoms with van der Waals surface area (Å²) in [5.74, 6) is 0. The molecular weight excluding hydrogens is 308 g/mol. The van der Waals surface area contributed by atoms with Gasteiger partial charge in [-0.3, -0.25) is 4.68 Å². The molecule has 3 heterocycles. The maximum Gasteiger partial charge on any atom is 0.410 e. The van der Waals surface area contributed by atoms with Gasteiger partial charge in [-0.1, -0.05) is 0 Å². The fourth-order valence-electron chi connectivity index (χ4n) is 3.47. The molecule has 7 nitrogen and oxygen atoms in total. The van der Waals surface area contributed by atoms with Crippen molar-refractivity contribution >= 4 is 11.8 Å². The quantitative estimate of drug-likeness (QED) is 0.847. The minimum Gasteiger partial charge on any atom is -0.444 e. The van der Waals surface area contributed by atoms with Gasteiger partial charge in [0, 0.05) is 20.2 Å². The first-order valence-electron chi connectivity index (χ1n) is 8.67. The molecule has 0 N–H and O–H groups in total. The van der Waals surface area contributed by atoms with E-state index in [2.05, 4.69) is 10.00 Å². The molecule has 0 aromatic carbocycles. The van der Waals surface area contributed by atoms with E-state index < -0.39 is 5.60 Å². The lowest BCUT2D eigenvalue weighted by Gasteiger charge is -2.32. The molecule has 1 aromatic heterocycles. The van der Waals surface area contributed by atoms with Crippen molar-refractivity contribution < 1.29 is 14.3 Å². The van der Waals surface area contributed by atoms with Crippen LogP contribution >= 0.6 is 0 Å². The topological polar surface area (TPSA) is 59.8 Å². The average molecular weight is 336 g/mol. The van der Waals surface area contributed by atoms with E-state index in [1.165, 1.54) is 0 Å². The summed E-state index contributed by atoms with van der Waals surface area (Å²) in [5.41, 5.74) is 1.74. The van der Waals surface area contributed by atoms with Crippen molar-refractivity contribution in [3.8, 4) is 0 Å². The molecule has 24 heavy (non-hydrogen) atoms. The summed E-state index contributed by atoms with van der Waals surface area (Å²) < 4.78 is 12.9. The minimum absolute atomic E-state index is 0.254. The normalized spacial score (nSPS) is 21.1. The van der Waals surface area contributed by atoms with Crippen LogP contribution in [0.1, 0.15) is 39.3 Å². The molecular formula is C17H28N4O3. The number of anilines is 1. The Bertz CT molecular complexity index is 593.